The normalized spacial score (nSPS) is 14.3. The van der Waals surface area contributed by atoms with Gasteiger partial charge in [-0.25, -0.2) is 4.98 Å². The minimum atomic E-state index is -0.246. The molecule has 0 saturated carbocycles. The van der Waals surface area contributed by atoms with E-state index in [-0.39, 0.29) is 17.6 Å². The van der Waals surface area contributed by atoms with Gasteiger partial charge in [-0.2, -0.15) is 0 Å². The fourth-order valence-electron chi connectivity index (χ4n) is 2.31. The molecule has 2 atom stereocenters. The molecule has 0 aliphatic heterocycles. The van der Waals surface area contributed by atoms with E-state index in [0.29, 0.717) is 17.2 Å². The highest BCUT2D eigenvalue weighted by Crippen LogP contribution is 2.15. The summed E-state index contributed by atoms with van der Waals surface area (Å²) in [7, 11) is 0. The van der Waals surface area contributed by atoms with Crippen LogP contribution >= 0.6 is 11.3 Å². The van der Waals surface area contributed by atoms with E-state index in [1.807, 2.05) is 31.4 Å². The third kappa shape index (κ3) is 2.83. The largest absolute Gasteiger partial charge is 0.468 e. The van der Waals surface area contributed by atoms with Gasteiger partial charge in [0.25, 0.3) is 5.56 Å². The van der Waals surface area contributed by atoms with Crippen LogP contribution in [0.1, 0.15) is 30.1 Å². The van der Waals surface area contributed by atoms with E-state index in [9.17, 15) is 4.79 Å². The predicted octanol–water partition coefficient (Wildman–Crippen LogP) is 1.84. The van der Waals surface area contributed by atoms with Gasteiger partial charge in [0.05, 0.1) is 18.0 Å². The van der Waals surface area contributed by atoms with Crippen molar-refractivity contribution in [1.29, 1.82) is 0 Å². The summed E-state index contributed by atoms with van der Waals surface area (Å²) in [6, 6.07) is 4.98. The second-order valence-electron chi connectivity index (χ2n) is 5.29. The van der Waals surface area contributed by atoms with Gasteiger partial charge in [0.2, 0.25) is 0 Å². The van der Waals surface area contributed by atoms with Crippen LogP contribution in [0.3, 0.4) is 0 Å². The summed E-state index contributed by atoms with van der Waals surface area (Å²) in [4.78, 5) is 17.3. The van der Waals surface area contributed by atoms with Crippen LogP contribution in [-0.2, 0) is 6.54 Å². The fraction of sp³-hybridized carbons (Fsp3) is 0.333. The molecule has 3 aromatic rings. The first-order chi connectivity index (χ1) is 10.6. The van der Waals surface area contributed by atoms with Gasteiger partial charge in [0.1, 0.15) is 5.76 Å². The molecule has 0 saturated heterocycles. The van der Waals surface area contributed by atoms with Crippen LogP contribution < -0.4 is 16.6 Å². The Hall–Kier alpha value is -1.96. The van der Waals surface area contributed by atoms with E-state index in [2.05, 4.69) is 10.3 Å². The van der Waals surface area contributed by atoms with E-state index in [1.165, 1.54) is 11.3 Å². The Kier molecular flexibility index (Phi) is 4.10. The van der Waals surface area contributed by atoms with Crippen molar-refractivity contribution < 1.29 is 4.42 Å². The summed E-state index contributed by atoms with van der Waals surface area (Å²) in [5.74, 6) is 0.734. The zero-order valence-corrected chi connectivity index (χ0v) is 13.3. The Balaban J connectivity index is 1.72. The lowest BCUT2D eigenvalue weighted by Crippen LogP contribution is -2.36. The Morgan fingerprint density at radius 3 is 3.09 bits per heavy atom. The summed E-state index contributed by atoms with van der Waals surface area (Å²) in [5, 5.41) is 5.22. The number of rotatable bonds is 5. The highest BCUT2D eigenvalue weighted by molar-refractivity contribution is 7.15. The lowest BCUT2D eigenvalue weighted by molar-refractivity contribution is 0.390. The van der Waals surface area contributed by atoms with Crippen LogP contribution in [0.15, 0.2) is 39.1 Å². The van der Waals surface area contributed by atoms with Crippen molar-refractivity contribution >= 4 is 16.3 Å². The molecule has 0 aromatic carbocycles. The highest BCUT2D eigenvalue weighted by atomic mass is 32.1. The maximum Gasteiger partial charge on any atom is 0.259 e. The molecule has 6 nitrogen and oxygen atoms in total. The first-order valence-corrected chi connectivity index (χ1v) is 7.93. The number of furan rings is 1. The Labute approximate surface area is 131 Å². The maximum absolute atomic E-state index is 12.1. The van der Waals surface area contributed by atoms with E-state index < -0.39 is 0 Å². The lowest BCUT2D eigenvalue weighted by atomic mass is 10.1. The molecule has 0 spiro atoms. The SMILES string of the molecule is Cc1csc2nc(CNC(C)C(N)c3ccco3)cc(=O)n12. The molecule has 116 valence electrons. The molecule has 3 aromatic heterocycles. The van der Waals surface area contributed by atoms with Gasteiger partial charge < -0.3 is 15.5 Å². The molecule has 3 heterocycles. The number of aryl methyl sites for hydroxylation is 1. The predicted molar refractivity (Wildman–Crippen MR) is 86.0 cm³/mol. The maximum atomic E-state index is 12.1. The number of hydrogen-bond acceptors (Lipinski definition) is 6. The van der Waals surface area contributed by atoms with Crippen LogP contribution in [0.2, 0.25) is 0 Å². The van der Waals surface area contributed by atoms with Gasteiger partial charge in [-0.3, -0.25) is 9.20 Å². The van der Waals surface area contributed by atoms with E-state index in [1.54, 1.807) is 16.7 Å². The molecule has 0 amide bonds. The quantitative estimate of drug-likeness (QED) is 0.749. The van der Waals surface area contributed by atoms with Crippen molar-refractivity contribution in [3.63, 3.8) is 0 Å². The second kappa shape index (κ2) is 6.04. The summed E-state index contributed by atoms with van der Waals surface area (Å²) < 4.78 is 6.93. The summed E-state index contributed by atoms with van der Waals surface area (Å²) in [6.07, 6.45) is 1.61. The molecular formula is C15H18N4O2S. The Bertz CT molecular complexity index is 822. The van der Waals surface area contributed by atoms with Crippen molar-refractivity contribution in [3.05, 3.63) is 57.3 Å². The van der Waals surface area contributed by atoms with E-state index in [0.717, 1.165) is 11.5 Å². The van der Waals surface area contributed by atoms with E-state index in [4.69, 9.17) is 10.2 Å². The molecule has 0 aliphatic carbocycles. The minimum absolute atomic E-state index is 0.00326. The van der Waals surface area contributed by atoms with Gasteiger partial charge in [-0.15, -0.1) is 11.3 Å². The van der Waals surface area contributed by atoms with Crippen LogP contribution in [0.25, 0.3) is 4.96 Å². The molecule has 7 heteroatoms. The molecule has 3 rings (SSSR count). The molecule has 0 aliphatic rings. The fourth-order valence-corrected chi connectivity index (χ4v) is 3.20. The second-order valence-corrected chi connectivity index (χ2v) is 6.13. The van der Waals surface area contributed by atoms with Gasteiger partial charge >= 0.3 is 0 Å². The molecule has 2 unspecified atom stereocenters. The zero-order valence-electron chi connectivity index (χ0n) is 12.4. The molecule has 0 radical (unpaired) electrons. The number of aromatic nitrogens is 2. The number of hydrogen-bond donors (Lipinski definition) is 2. The van der Waals surface area contributed by atoms with Crippen LogP contribution in [-0.4, -0.2) is 15.4 Å². The van der Waals surface area contributed by atoms with Crippen molar-refractivity contribution in [2.75, 3.05) is 0 Å². The summed E-state index contributed by atoms with van der Waals surface area (Å²) in [5.41, 5.74) is 7.70. The van der Waals surface area contributed by atoms with Crippen LogP contribution in [0.4, 0.5) is 0 Å². The first-order valence-electron chi connectivity index (χ1n) is 7.05. The number of nitrogens with two attached hydrogens (primary N) is 1. The minimum Gasteiger partial charge on any atom is -0.468 e. The average molecular weight is 318 g/mol. The smallest absolute Gasteiger partial charge is 0.259 e. The Morgan fingerprint density at radius 1 is 1.55 bits per heavy atom. The summed E-state index contributed by atoms with van der Waals surface area (Å²) >= 11 is 1.47. The van der Waals surface area contributed by atoms with Crippen molar-refractivity contribution in [3.8, 4) is 0 Å². The van der Waals surface area contributed by atoms with Gasteiger partial charge in [0, 0.05) is 29.7 Å². The molecular weight excluding hydrogens is 300 g/mol. The topological polar surface area (TPSA) is 85.6 Å². The summed E-state index contributed by atoms with van der Waals surface area (Å²) in [6.45, 7) is 4.36. The van der Waals surface area contributed by atoms with Gasteiger partial charge in [-0.1, -0.05) is 0 Å². The van der Waals surface area contributed by atoms with Gasteiger partial charge in [-0.05, 0) is 26.0 Å². The lowest BCUT2D eigenvalue weighted by Gasteiger charge is -2.19. The number of thiazole rings is 1. The molecule has 0 fully saturated rings. The molecule has 0 bridgehead atoms. The average Bonchev–Trinajstić information content (AvgIpc) is 3.14. The van der Waals surface area contributed by atoms with E-state index >= 15 is 0 Å². The van der Waals surface area contributed by atoms with Gasteiger partial charge in [0.15, 0.2) is 4.96 Å². The standard InChI is InChI=1S/C15H18N4O2S/c1-9-8-22-15-18-11(6-13(20)19(9)15)7-17-10(2)14(16)12-4-3-5-21-12/h3-6,8,10,14,17H,7,16H2,1-2H3. The van der Waals surface area contributed by atoms with Crippen LogP contribution in [0, 0.1) is 6.92 Å². The monoisotopic (exact) mass is 318 g/mol. The number of nitrogens with one attached hydrogen (secondary N) is 1. The van der Waals surface area contributed by atoms with Crippen LogP contribution in [0.5, 0.6) is 0 Å². The van der Waals surface area contributed by atoms with Crippen molar-refractivity contribution in [2.45, 2.75) is 32.5 Å². The first kappa shape index (κ1) is 15.0. The zero-order chi connectivity index (χ0) is 15.7. The van der Waals surface area contributed by atoms with Crippen molar-refractivity contribution in [2.24, 2.45) is 5.73 Å². The molecule has 22 heavy (non-hydrogen) atoms. The Morgan fingerprint density at radius 2 is 2.36 bits per heavy atom. The third-order valence-corrected chi connectivity index (χ3v) is 4.59. The van der Waals surface area contributed by atoms with Crippen molar-refractivity contribution in [1.82, 2.24) is 14.7 Å². The highest BCUT2D eigenvalue weighted by Gasteiger charge is 2.17. The molecule has 3 N–H and O–H groups in total. The third-order valence-electron chi connectivity index (χ3n) is 3.64. The number of nitrogens with zero attached hydrogens (tertiary/aromatic N) is 2. The number of fused-ring (bicyclic) bond motifs is 1.